The molecule has 0 amide bonds. The topological polar surface area (TPSA) is 168 Å². The summed E-state index contributed by atoms with van der Waals surface area (Å²) in [5.74, 6) is 0. The van der Waals surface area contributed by atoms with Gasteiger partial charge in [-0.2, -0.15) is 0 Å². The van der Waals surface area contributed by atoms with E-state index in [-0.39, 0.29) is 6.61 Å². The van der Waals surface area contributed by atoms with Crippen LogP contribution in [0, 0.1) is 0 Å². The molecule has 2 heterocycles. The fourth-order valence-electron chi connectivity index (χ4n) is 3.09. The lowest BCUT2D eigenvalue weighted by atomic mass is 9.97. The molecule has 2 fully saturated rings. The Kier molecular flexibility index (Phi) is 8.52. The number of methoxy groups -OCH3 is 1. The molecule has 0 aromatic carbocycles. The van der Waals surface area contributed by atoms with Crippen LogP contribution >= 0.6 is 0 Å². The standard InChI is InChI=1S/C16H28O11/c1-3-4-24-14-10(20)9(19)7(5-17)25-16(14)27-13-8(6-18)26-15(23-2)12(22)11(13)21/h3,7-22H,1,4-6H2,2H3/t7-,8-,9+,10+,11-,12-,13-,14-,15+,16+/m1/s1. The first-order valence-corrected chi connectivity index (χ1v) is 8.55. The van der Waals surface area contributed by atoms with E-state index >= 15 is 0 Å². The van der Waals surface area contributed by atoms with Crippen molar-refractivity contribution in [2.75, 3.05) is 26.9 Å². The van der Waals surface area contributed by atoms with Gasteiger partial charge in [-0.3, -0.25) is 0 Å². The van der Waals surface area contributed by atoms with Gasteiger partial charge in [-0.1, -0.05) is 6.08 Å². The van der Waals surface area contributed by atoms with Crippen LogP contribution in [0.15, 0.2) is 12.7 Å². The van der Waals surface area contributed by atoms with Gasteiger partial charge in [0.25, 0.3) is 0 Å². The molecule has 6 N–H and O–H groups in total. The largest absolute Gasteiger partial charge is 0.394 e. The minimum absolute atomic E-state index is 0.00296. The summed E-state index contributed by atoms with van der Waals surface area (Å²) in [4.78, 5) is 0. The van der Waals surface area contributed by atoms with Gasteiger partial charge in [0, 0.05) is 7.11 Å². The number of aliphatic hydroxyl groups is 6. The van der Waals surface area contributed by atoms with Crippen molar-refractivity contribution in [3.63, 3.8) is 0 Å². The second-order valence-corrected chi connectivity index (χ2v) is 6.34. The Morgan fingerprint density at radius 1 is 0.852 bits per heavy atom. The Hall–Kier alpha value is -0.700. The zero-order valence-corrected chi connectivity index (χ0v) is 14.9. The lowest BCUT2D eigenvalue weighted by molar-refractivity contribution is -0.360. The third-order valence-electron chi connectivity index (χ3n) is 4.58. The van der Waals surface area contributed by atoms with Crippen LogP contribution in [-0.2, 0) is 23.7 Å². The normalized spacial score (nSPS) is 45.6. The number of hydrogen-bond donors (Lipinski definition) is 6. The van der Waals surface area contributed by atoms with Crippen LogP contribution in [0.3, 0.4) is 0 Å². The van der Waals surface area contributed by atoms with Gasteiger partial charge in [0.2, 0.25) is 0 Å². The lowest BCUT2D eigenvalue weighted by Crippen LogP contribution is -2.65. The van der Waals surface area contributed by atoms with Crippen LogP contribution in [0.1, 0.15) is 0 Å². The molecule has 2 rings (SSSR count). The van der Waals surface area contributed by atoms with Gasteiger partial charge in [0.1, 0.15) is 48.8 Å². The van der Waals surface area contributed by atoms with Crippen LogP contribution in [0.5, 0.6) is 0 Å². The third kappa shape index (κ3) is 4.83. The SMILES string of the molecule is C=CCO[C@H]1[C@H](O[C@H]2[C@H](O)[C@@H](O)[C@@H](OC)O[C@@H]2CO)O[C@H](CO)[C@H](O)[C@@H]1O. The molecule has 0 bridgehead atoms. The van der Waals surface area contributed by atoms with E-state index in [1.807, 2.05) is 0 Å². The highest BCUT2D eigenvalue weighted by Crippen LogP contribution is 2.30. The molecule has 0 aromatic heterocycles. The average Bonchev–Trinajstić information content (AvgIpc) is 2.67. The Labute approximate surface area is 156 Å². The van der Waals surface area contributed by atoms with E-state index in [2.05, 4.69) is 6.58 Å². The predicted octanol–water partition coefficient (Wildman–Crippen LogP) is -3.53. The molecule has 2 aliphatic rings. The summed E-state index contributed by atoms with van der Waals surface area (Å²) < 4.78 is 26.8. The fourth-order valence-corrected chi connectivity index (χ4v) is 3.09. The van der Waals surface area contributed by atoms with Gasteiger partial charge in [0.05, 0.1) is 19.8 Å². The second-order valence-electron chi connectivity index (χ2n) is 6.34. The molecular weight excluding hydrogens is 368 g/mol. The summed E-state index contributed by atoms with van der Waals surface area (Å²) in [6, 6.07) is 0. The predicted molar refractivity (Wildman–Crippen MR) is 87.3 cm³/mol. The maximum atomic E-state index is 10.4. The van der Waals surface area contributed by atoms with Crippen molar-refractivity contribution in [2.24, 2.45) is 0 Å². The summed E-state index contributed by atoms with van der Waals surface area (Å²) in [5.41, 5.74) is 0. The van der Waals surface area contributed by atoms with E-state index in [1.165, 1.54) is 13.2 Å². The van der Waals surface area contributed by atoms with Gasteiger partial charge in [0.15, 0.2) is 12.6 Å². The first-order chi connectivity index (χ1) is 12.9. The highest BCUT2D eigenvalue weighted by atomic mass is 16.7. The van der Waals surface area contributed by atoms with Gasteiger partial charge >= 0.3 is 0 Å². The first kappa shape index (κ1) is 22.6. The molecule has 10 atom stereocenters. The summed E-state index contributed by atoms with van der Waals surface area (Å²) in [6.45, 7) is 2.33. The van der Waals surface area contributed by atoms with E-state index in [0.29, 0.717) is 0 Å². The Morgan fingerprint density at radius 3 is 2.00 bits per heavy atom. The van der Waals surface area contributed by atoms with Gasteiger partial charge < -0.3 is 54.3 Å². The highest BCUT2D eigenvalue weighted by molar-refractivity contribution is 4.94. The Balaban J connectivity index is 2.20. The Morgan fingerprint density at radius 2 is 1.44 bits per heavy atom. The van der Waals surface area contributed by atoms with Crippen LogP contribution in [0.2, 0.25) is 0 Å². The van der Waals surface area contributed by atoms with E-state index in [4.69, 9.17) is 23.7 Å². The van der Waals surface area contributed by atoms with E-state index in [0.717, 1.165) is 0 Å². The van der Waals surface area contributed by atoms with E-state index < -0.39 is 74.6 Å². The zero-order chi connectivity index (χ0) is 20.1. The smallest absolute Gasteiger partial charge is 0.187 e. The fraction of sp³-hybridized carbons (Fsp3) is 0.875. The molecule has 0 unspecified atom stereocenters. The molecule has 27 heavy (non-hydrogen) atoms. The molecule has 0 saturated carbocycles. The maximum Gasteiger partial charge on any atom is 0.187 e. The van der Waals surface area contributed by atoms with Crippen molar-refractivity contribution < 1.29 is 54.3 Å². The van der Waals surface area contributed by atoms with Crippen molar-refractivity contribution in [1.29, 1.82) is 0 Å². The van der Waals surface area contributed by atoms with Crippen molar-refractivity contribution in [3.8, 4) is 0 Å². The van der Waals surface area contributed by atoms with Crippen LogP contribution in [-0.4, -0.2) is 119 Å². The van der Waals surface area contributed by atoms with Crippen molar-refractivity contribution >= 4 is 0 Å². The quantitative estimate of drug-likeness (QED) is 0.225. The van der Waals surface area contributed by atoms with Gasteiger partial charge in [-0.05, 0) is 0 Å². The summed E-state index contributed by atoms with van der Waals surface area (Å²) in [5, 5.41) is 59.6. The average molecular weight is 396 g/mol. The molecule has 158 valence electrons. The zero-order valence-electron chi connectivity index (χ0n) is 14.9. The van der Waals surface area contributed by atoms with Crippen molar-refractivity contribution in [3.05, 3.63) is 12.7 Å². The number of aliphatic hydroxyl groups excluding tert-OH is 6. The Bertz CT molecular complexity index is 462. The molecule has 0 spiro atoms. The molecule has 11 nitrogen and oxygen atoms in total. The summed E-state index contributed by atoms with van der Waals surface area (Å²) in [7, 11) is 1.27. The lowest BCUT2D eigenvalue weighted by Gasteiger charge is -2.46. The molecule has 11 heteroatoms. The summed E-state index contributed by atoms with van der Waals surface area (Å²) >= 11 is 0. The van der Waals surface area contributed by atoms with Gasteiger partial charge in [-0.25, -0.2) is 0 Å². The maximum absolute atomic E-state index is 10.4. The van der Waals surface area contributed by atoms with Crippen molar-refractivity contribution in [1.82, 2.24) is 0 Å². The molecule has 2 saturated heterocycles. The van der Waals surface area contributed by atoms with Crippen LogP contribution in [0.25, 0.3) is 0 Å². The molecule has 2 aliphatic heterocycles. The first-order valence-electron chi connectivity index (χ1n) is 8.55. The molecular formula is C16H28O11. The number of hydrogen-bond acceptors (Lipinski definition) is 11. The minimum atomic E-state index is -1.51. The van der Waals surface area contributed by atoms with Gasteiger partial charge in [-0.15, -0.1) is 6.58 Å². The summed E-state index contributed by atoms with van der Waals surface area (Å²) in [6.07, 6.45) is -11.7. The third-order valence-corrected chi connectivity index (χ3v) is 4.58. The molecule has 0 aliphatic carbocycles. The molecule has 0 radical (unpaired) electrons. The van der Waals surface area contributed by atoms with Crippen molar-refractivity contribution in [2.45, 2.75) is 61.4 Å². The highest BCUT2D eigenvalue weighted by Gasteiger charge is 2.51. The van der Waals surface area contributed by atoms with E-state index in [9.17, 15) is 30.6 Å². The number of rotatable bonds is 8. The second kappa shape index (κ2) is 10.2. The van der Waals surface area contributed by atoms with Crippen LogP contribution < -0.4 is 0 Å². The monoisotopic (exact) mass is 396 g/mol. The molecule has 0 aromatic rings. The minimum Gasteiger partial charge on any atom is -0.394 e. The van der Waals surface area contributed by atoms with Crippen LogP contribution in [0.4, 0.5) is 0 Å². The van der Waals surface area contributed by atoms with E-state index in [1.54, 1.807) is 0 Å². The number of ether oxygens (including phenoxy) is 5.